The number of rotatable bonds is 12. The number of carboxylic acid groups (broad SMARTS) is 1. The molecule has 2 saturated heterocycles. The Labute approximate surface area is 247 Å². The number of piperidine rings is 1. The number of benzene rings is 2. The number of nitrogens with zero attached hydrogens (tertiary/aromatic N) is 3. The fourth-order valence-corrected chi connectivity index (χ4v) is 7.82. The van der Waals surface area contributed by atoms with Crippen LogP contribution in [-0.4, -0.2) is 77.1 Å². The van der Waals surface area contributed by atoms with Crippen LogP contribution < -0.4 is 5.32 Å². The maximum Gasteiger partial charge on any atom is 0.321 e. The molecule has 0 aromatic heterocycles. The van der Waals surface area contributed by atoms with Gasteiger partial charge in [-0.25, -0.2) is 0 Å². The largest absolute Gasteiger partial charge is 0.480 e. The normalized spacial score (nSPS) is 23.7. The average Bonchev–Trinajstić information content (AvgIpc) is 3.41. The zero-order valence-electron chi connectivity index (χ0n) is 25.0. The van der Waals surface area contributed by atoms with Gasteiger partial charge in [0, 0.05) is 57.8 Å². The van der Waals surface area contributed by atoms with Gasteiger partial charge in [0.05, 0.1) is 5.82 Å². The predicted octanol–water partition coefficient (Wildman–Crippen LogP) is 5.78. The molecule has 0 bridgehead atoms. The zero-order valence-corrected chi connectivity index (χ0v) is 25.0. The van der Waals surface area contributed by atoms with Gasteiger partial charge in [-0.15, -0.1) is 0 Å². The minimum Gasteiger partial charge on any atom is -0.480 e. The summed E-state index contributed by atoms with van der Waals surface area (Å²) in [6.45, 7) is 13.3. The van der Waals surface area contributed by atoms with E-state index in [9.17, 15) is 9.90 Å². The van der Waals surface area contributed by atoms with Crippen LogP contribution in [0.2, 0.25) is 0 Å². The van der Waals surface area contributed by atoms with E-state index in [1.165, 1.54) is 30.4 Å². The van der Waals surface area contributed by atoms with Crippen LogP contribution >= 0.6 is 0 Å². The lowest BCUT2D eigenvalue weighted by Gasteiger charge is -2.41. The Morgan fingerprint density at radius 1 is 0.976 bits per heavy atom. The lowest BCUT2D eigenvalue weighted by molar-refractivity contribution is -0.145. The summed E-state index contributed by atoms with van der Waals surface area (Å²) < 4.78 is 0. The molecule has 2 N–H and O–H groups in total. The van der Waals surface area contributed by atoms with Crippen LogP contribution in [0.15, 0.2) is 73.1 Å². The molecule has 5 rings (SSSR count). The van der Waals surface area contributed by atoms with Crippen molar-refractivity contribution in [2.75, 3.05) is 39.3 Å². The number of hydrogen-bond acceptors (Lipinski definition) is 5. The highest BCUT2D eigenvalue weighted by molar-refractivity contribution is 5.74. The van der Waals surface area contributed by atoms with Gasteiger partial charge in [0.1, 0.15) is 6.04 Å². The summed E-state index contributed by atoms with van der Waals surface area (Å²) in [6.07, 6.45) is 7.97. The minimum absolute atomic E-state index is 0.288. The maximum absolute atomic E-state index is 12.6. The molecule has 3 fully saturated rings. The van der Waals surface area contributed by atoms with Crippen LogP contribution in [0.5, 0.6) is 0 Å². The molecule has 6 heteroatoms. The summed E-state index contributed by atoms with van der Waals surface area (Å²) in [4.78, 5) is 20.0. The van der Waals surface area contributed by atoms with Crippen molar-refractivity contribution in [1.82, 2.24) is 20.0 Å². The van der Waals surface area contributed by atoms with Gasteiger partial charge in [-0.1, -0.05) is 86.5 Å². The fraction of sp³-hybridized carbons (Fsp3) is 0.571. The SMILES string of the molecule is C=C(NCc1ccccc1)N(CC)C1CCN(C[C@H]2CN([C@@H](C(=O)O)C3CCCCC3)C[C@@H]2c2ccccc2)CC1. The van der Waals surface area contributed by atoms with Crippen LogP contribution in [0.25, 0.3) is 0 Å². The van der Waals surface area contributed by atoms with E-state index in [-0.39, 0.29) is 12.0 Å². The first-order chi connectivity index (χ1) is 20.0. The molecule has 41 heavy (non-hydrogen) atoms. The molecule has 2 aliphatic heterocycles. The quantitative estimate of drug-likeness (QED) is 0.344. The summed E-state index contributed by atoms with van der Waals surface area (Å²) in [5, 5.41) is 13.9. The van der Waals surface area contributed by atoms with E-state index in [1.807, 2.05) is 0 Å². The van der Waals surface area contributed by atoms with E-state index in [0.717, 1.165) is 77.3 Å². The third-order valence-corrected chi connectivity index (χ3v) is 9.96. The molecule has 0 amide bonds. The van der Waals surface area contributed by atoms with Crippen molar-refractivity contribution in [1.29, 1.82) is 0 Å². The van der Waals surface area contributed by atoms with Crippen molar-refractivity contribution in [2.45, 2.75) is 76.4 Å². The first-order valence-corrected chi connectivity index (χ1v) is 16.0. The van der Waals surface area contributed by atoms with Crippen molar-refractivity contribution in [3.05, 3.63) is 84.2 Å². The van der Waals surface area contributed by atoms with Crippen molar-refractivity contribution >= 4 is 5.97 Å². The molecule has 1 saturated carbocycles. The fourth-order valence-electron chi connectivity index (χ4n) is 7.82. The Morgan fingerprint density at radius 2 is 1.63 bits per heavy atom. The van der Waals surface area contributed by atoms with Crippen LogP contribution in [0.1, 0.15) is 68.9 Å². The second-order valence-corrected chi connectivity index (χ2v) is 12.5. The number of carbonyl (C=O) groups is 1. The van der Waals surface area contributed by atoms with E-state index in [1.54, 1.807) is 0 Å². The van der Waals surface area contributed by atoms with Gasteiger partial charge in [-0.3, -0.25) is 9.69 Å². The molecular weight excluding hydrogens is 508 g/mol. The Hall–Kier alpha value is -2.83. The molecule has 2 aromatic rings. The molecule has 2 aromatic carbocycles. The van der Waals surface area contributed by atoms with E-state index in [2.05, 4.69) is 94.2 Å². The number of nitrogens with one attached hydrogen (secondary N) is 1. The first kappa shape index (κ1) is 29.7. The summed E-state index contributed by atoms with van der Waals surface area (Å²) >= 11 is 0. The monoisotopic (exact) mass is 558 g/mol. The Morgan fingerprint density at radius 3 is 2.27 bits per heavy atom. The zero-order chi connectivity index (χ0) is 28.6. The highest BCUT2D eigenvalue weighted by atomic mass is 16.4. The highest BCUT2D eigenvalue weighted by Crippen LogP contribution is 2.38. The van der Waals surface area contributed by atoms with Gasteiger partial charge in [0.2, 0.25) is 0 Å². The van der Waals surface area contributed by atoms with Crippen LogP contribution in [0.3, 0.4) is 0 Å². The van der Waals surface area contributed by atoms with Crippen molar-refractivity contribution in [2.24, 2.45) is 11.8 Å². The Balaban J connectivity index is 1.20. The third kappa shape index (κ3) is 7.52. The molecule has 0 unspecified atom stereocenters. The smallest absolute Gasteiger partial charge is 0.321 e. The molecule has 1 aliphatic carbocycles. The van der Waals surface area contributed by atoms with E-state index >= 15 is 0 Å². The van der Waals surface area contributed by atoms with Crippen LogP contribution in [0, 0.1) is 11.8 Å². The first-order valence-electron chi connectivity index (χ1n) is 16.0. The van der Waals surface area contributed by atoms with Gasteiger partial charge < -0.3 is 20.2 Å². The molecule has 0 spiro atoms. The molecule has 6 nitrogen and oxygen atoms in total. The summed E-state index contributed by atoms with van der Waals surface area (Å²) in [6, 6.07) is 21.5. The Bertz CT molecular complexity index is 1100. The summed E-state index contributed by atoms with van der Waals surface area (Å²) in [7, 11) is 0. The van der Waals surface area contributed by atoms with Crippen molar-refractivity contribution in [3.63, 3.8) is 0 Å². The second-order valence-electron chi connectivity index (χ2n) is 12.5. The summed E-state index contributed by atoms with van der Waals surface area (Å²) in [5.74, 6) is 1.52. The van der Waals surface area contributed by atoms with Gasteiger partial charge >= 0.3 is 5.97 Å². The topological polar surface area (TPSA) is 59.0 Å². The molecule has 0 radical (unpaired) electrons. The van der Waals surface area contributed by atoms with E-state index < -0.39 is 5.97 Å². The Kier molecular flexibility index (Phi) is 10.4. The van der Waals surface area contributed by atoms with Crippen LogP contribution in [-0.2, 0) is 11.3 Å². The number of carboxylic acids is 1. The summed E-state index contributed by atoms with van der Waals surface area (Å²) in [5.41, 5.74) is 2.63. The van der Waals surface area contributed by atoms with Gasteiger partial charge in [-0.2, -0.15) is 0 Å². The minimum atomic E-state index is -0.620. The molecule has 3 atom stereocenters. The lowest BCUT2D eigenvalue weighted by Crippen LogP contribution is -2.48. The van der Waals surface area contributed by atoms with Gasteiger partial charge in [0.15, 0.2) is 0 Å². The molecule has 222 valence electrons. The number of aliphatic carboxylic acids is 1. The highest BCUT2D eigenvalue weighted by Gasteiger charge is 2.43. The van der Waals surface area contributed by atoms with Gasteiger partial charge in [0.25, 0.3) is 0 Å². The number of likely N-dealkylation sites (tertiary alicyclic amines) is 2. The molecular formula is C35H50N4O2. The van der Waals surface area contributed by atoms with Gasteiger partial charge in [-0.05, 0) is 55.6 Å². The predicted molar refractivity (Wildman–Crippen MR) is 167 cm³/mol. The second kappa shape index (κ2) is 14.4. The number of hydrogen-bond donors (Lipinski definition) is 2. The molecule has 2 heterocycles. The van der Waals surface area contributed by atoms with Crippen LogP contribution in [0.4, 0.5) is 0 Å². The maximum atomic E-state index is 12.6. The van der Waals surface area contributed by atoms with Crippen molar-refractivity contribution < 1.29 is 9.90 Å². The molecule has 3 aliphatic rings. The van der Waals surface area contributed by atoms with Crippen molar-refractivity contribution in [3.8, 4) is 0 Å². The van der Waals surface area contributed by atoms with E-state index in [4.69, 9.17) is 0 Å². The van der Waals surface area contributed by atoms with E-state index in [0.29, 0.717) is 17.9 Å². The lowest BCUT2D eigenvalue weighted by atomic mass is 9.83. The third-order valence-electron chi connectivity index (χ3n) is 9.96. The average molecular weight is 559 g/mol. The standard InChI is InChI=1S/C35H50N4O2/c1-3-39(27(2)36-23-28-13-7-4-8-14-28)32-19-21-37(22-20-32)24-31-25-38(26-33(31)29-15-9-5-10-16-29)34(35(40)41)30-17-11-6-12-18-30/h4-5,7-10,13-16,30-34,36H,2-3,6,11-12,17-26H2,1H3,(H,40,41)/t31-,33+,34+/m0/s1.